The maximum atomic E-state index is 14.7. The Kier molecular flexibility index (Phi) is 5.76. The Balaban J connectivity index is 1.67. The number of rotatable bonds is 6. The Morgan fingerprint density at radius 2 is 2.06 bits per heavy atom. The molecule has 3 aromatic heterocycles. The van der Waals surface area contributed by atoms with Crippen molar-refractivity contribution in [2.45, 2.75) is 44.7 Å². The van der Waals surface area contributed by atoms with Gasteiger partial charge in [0.2, 0.25) is 0 Å². The molecule has 0 saturated heterocycles. The van der Waals surface area contributed by atoms with E-state index in [1.807, 2.05) is 6.92 Å². The van der Waals surface area contributed by atoms with Crippen molar-refractivity contribution < 1.29 is 9.18 Å². The molecule has 2 atom stereocenters. The maximum absolute atomic E-state index is 14.7. The summed E-state index contributed by atoms with van der Waals surface area (Å²) in [5, 5.41) is 10.2. The van der Waals surface area contributed by atoms with E-state index >= 15 is 0 Å². The Morgan fingerprint density at radius 3 is 2.77 bits per heavy atom. The van der Waals surface area contributed by atoms with Crippen LogP contribution in [0.2, 0.25) is 0 Å². The molecule has 0 radical (unpaired) electrons. The normalized spacial score (nSPS) is 18.5. The van der Waals surface area contributed by atoms with Gasteiger partial charge < -0.3 is 22.1 Å². The molecule has 0 aromatic carbocycles. The monoisotopic (exact) mass is 425 g/mol. The van der Waals surface area contributed by atoms with E-state index in [-0.39, 0.29) is 29.3 Å². The Labute approximate surface area is 178 Å². The van der Waals surface area contributed by atoms with Crippen LogP contribution in [0, 0.1) is 12.7 Å². The summed E-state index contributed by atoms with van der Waals surface area (Å²) in [4.78, 5) is 24.5. The molecule has 2 unspecified atom stereocenters. The van der Waals surface area contributed by atoms with Crippen LogP contribution in [-0.2, 0) is 0 Å². The number of nitrogens with zero attached hydrogens (tertiary/aromatic N) is 5. The van der Waals surface area contributed by atoms with E-state index in [9.17, 15) is 9.18 Å². The molecule has 1 fully saturated rings. The van der Waals surface area contributed by atoms with Crippen molar-refractivity contribution in [1.29, 1.82) is 0 Å². The van der Waals surface area contributed by atoms with Gasteiger partial charge >= 0.3 is 0 Å². The average Bonchev–Trinajstić information content (AvgIpc) is 3.27. The largest absolute Gasteiger partial charge is 0.365 e. The van der Waals surface area contributed by atoms with E-state index in [2.05, 4.69) is 30.7 Å². The summed E-state index contributed by atoms with van der Waals surface area (Å²) in [6, 6.07) is 2.67. The average molecular weight is 425 g/mol. The van der Waals surface area contributed by atoms with Crippen molar-refractivity contribution in [1.82, 2.24) is 24.7 Å². The smallest absolute Gasteiger partial charge is 0.252 e. The number of pyridine rings is 2. The van der Waals surface area contributed by atoms with Gasteiger partial charge in [0, 0.05) is 12.1 Å². The lowest BCUT2D eigenvalue weighted by molar-refractivity contribution is 0.100. The second kappa shape index (κ2) is 8.64. The highest BCUT2D eigenvalue weighted by atomic mass is 19.1. The molecule has 1 saturated carbocycles. The number of aryl methyl sites for hydroxylation is 1. The second-order valence-electron chi connectivity index (χ2n) is 7.57. The third-order valence-electron chi connectivity index (χ3n) is 5.37. The fourth-order valence-electron chi connectivity index (χ4n) is 3.68. The number of halogens is 1. The maximum Gasteiger partial charge on any atom is 0.252 e. The Morgan fingerprint density at radius 1 is 1.26 bits per heavy atom. The SMILES string of the molecule is Cc1ncc(Nc2nc(NC3CCCCC3N)c(F)cc2C(N)=O)cc1-n1cncn1. The van der Waals surface area contributed by atoms with Crippen molar-refractivity contribution in [3.63, 3.8) is 0 Å². The Bertz CT molecular complexity index is 1090. The van der Waals surface area contributed by atoms with Crippen LogP contribution in [0.3, 0.4) is 0 Å². The lowest BCUT2D eigenvalue weighted by Crippen LogP contribution is -2.43. The molecular weight excluding hydrogens is 401 g/mol. The molecule has 1 aliphatic carbocycles. The quantitative estimate of drug-likeness (QED) is 0.468. The van der Waals surface area contributed by atoms with Gasteiger partial charge in [0.25, 0.3) is 5.91 Å². The first-order valence-corrected chi connectivity index (χ1v) is 10.0. The van der Waals surface area contributed by atoms with E-state index in [4.69, 9.17) is 11.5 Å². The molecule has 4 rings (SSSR count). The fourth-order valence-corrected chi connectivity index (χ4v) is 3.68. The van der Waals surface area contributed by atoms with Crippen LogP contribution in [0.15, 0.2) is 31.0 Å². The number of carbonyl (C=O) groups is 1. The lowest BCUT2D eigenvalue weighted by atomic mass is 9.91. The van der Waals surface area contributed by atoms with Gasteiger partial charge in [-0.3, -0.25) is 9.78 Å². The van der Waals surface area contributed by atoms with Gasteiger partial charge in [0.15, 0.2) is 11.6 Å². The van der Waals surface area contributed by atoms with Gasteiger partial charge in [0.05, 0.1) is 28.8 Å². The van der Waals surface area contributed by atoms with Crippen LogP contribution in [0.5, 0.6) is 0 Å². The molecule has 0 bridgehead atoms. The minimum Gasteiger partial charge on any atom is -0.365 e. The van der Waals surface area contributed by atoms with E-state index in [0.717, 1.165) is 37.4 Å². The molecule has 1 amide bonds. The number of amides is 1. The van der Waals surface area contributed by atoms with Crippen molar-refractivity contribution in [2.24, 2.45) is 11.5 Å². The van der Waals surface area contributed by atoms with E-state index in [0.29, 0.717) is 11.4 Å². The van der Waals surface area contributed by atoms with Gasteiger partial charge in [-0.2, -0.15) is 5.10 Å². The van der Waals surface area contributed by atoms with Crippen LogP contribution in [0.4, 0.5) is 21.7 Å². The molecule has 3 heterocycles. The highest BCUT2D eigenvalue weighted by Gasteiger charge is 2.24. The molecule has 3 aromatic rings. The molecule has 10 nitrogen and oxygen atoms in total. The minimum atomic E-state index is -0.800. The van der Waals surface area contributed by atoms with Crippen LogP contribution in [0.25, 0.3) is 5.69 Å². The van der Waals surface area contributed by atoms with E-state index in [1.165, 1.54) is 6.33 Å². The summed E-state index contributed by atoms with van der Waals surface area (Å²) in [6.45, 7) is 1.83. The van der Waals surface area contributed by atoms with Crippen LogP contribution in [-0.4, -0.2) is 42.7 Å². The minimum absolute atomic E-state index is 0.0198. The molecule has 6 N–H and O–H groups in total. The summed E-state index contributed by atoms with van der Waals surface area (Å²) in [6.07, 6.45) is 8.30. The zero-order valence-corrected chi connectivity index (χ0v) is 17.0. The van der Waals surface area contributed by atoms with Crippen molar-refractivity contribution in [3.05, 3.63) is 48.1 Å². The third-order valence-corrected chi connectivity index (χ3v) is 5.37. The molecule has 0 aliphatic heterocycles. The number of primary amides is 1. The first kappa shape index (κ1) is 20.7. The summed E-state index contributed by atoms with van der Waals surface area (Å²) >= 11 is 0. The van der Waals surface area contributed by atoms with Crippen LogP contribution >= 0.6 is 0 Å². The lowest BCUT2D eigenvalue weighted by Gasteiger charge is -2.30. The summed E-state index contributed by atoms with van der Waals surface area (Å²) in [7, 11) is 0. The molecule has 162 valence electrons. The Hall–Kier alpha value is -3.60. The molecule has 11 heteroatoms. The summed E-state index contributed by atoms with van der Waals surface area (Å²) in [5.74, 6) is -1.32. The number of anilines is 3. The van der Waals surface area contributed by atoms with Crippen LogP contribution in [0.1, 0.15) is 41.7 Å². The number of nitrogens with two attached hydrogens (primary N) is 2. The van der Waals surface area contributed by atoms with Crippen molar-refractivity contribution in [2.75, 3.05) is 10.6 Å². The third kappa shape index (κ3) is 4.45. The van der Waals surface area contributed by atoms with Gasteiger partial charge in [-0.05, 0) is 31.9 Å². The summed E-state index contributed by atoms with van der Waals surface area (Å²) in [5.41, 5.74) is 13.5. The standard InChI is InChI=1S/C20H24FN9O/c1-11-17(30-10-24-9-26-30)6-12(8-25-11)27-19-13(18(23)31)7-14(21)20(29-19)28-16-5-3-2-4-15(16)22/h6-10,15-16H,2-5,22H2,1H3,(H2,23,31)(H2,27,28,29). The van der Waals surface area contributed by atoms with Gasteiger partial charge in [-0.1, -0.05) is 12.8 Å². The van der Waals surface area contributed by atoms with E-state index in [1.54, 1.807) is 23.3 Å². The molecule has 0 spiro atoms. The molecular formula is C20H24FN9O. The number of hydrogen-bond acceptors (Lipinski definition) is 8. The highest BCUT2D eigenvalue weighted by molar-refractivity contribution is 5.98. The number of carbonyl (C=O) groups excluding carboxylic acids is 1. The predicted molar refractivity (Wildman–Crippen MR) is 114 cm³/mol. The van der Waals surface area contributed by atoms with Gasteiger partial charge in [0.1, 0.15) is 18.5 Å². The zero-order valence-electron chi connectivity index (χ0n) is 17.0. The summed E-state index contributed by atoms with van der Waals surface area (Å²) < 4.78 is 16.2. The fraction of sp³-hybridized carbons (Fsp3) is 0.350. The number of aromatic nitrogens is 5. The first-order valence-electron chi connectivity index (χ1n) is 10.0. The van der Waals surface area contributed by atoms with Gasteiger partial charge in [-0.15, -0.1) is 0 Å². The van der Waals surface area contributed by atoms with E-state index < -0.39 is 11.7 Å². The molecule has 31 heavy (non-hydrogen) atoms. The number of hydrogen-bond donors (Lipinski definition) is 4. The van der Waals surface area contributed by atoms with Crippen molar-refractivity contribution in [3.8, 4) is 5.69 Å². The molecule has 1 aliphatic rings. The second-order valence-corrected chi connectivity index (χ2v) is 7.57. The zero-order chi connectivity index (χ0) is 22.0. The van der Waals surface area contributed by atoms with Gasteiger partial charge in [-0.25, -0.2) is 19.0 Å². The number of nitrogens with one attached hydrogen (secondary N) is 2. The predicted octanol–water partition coefficient (Wildman–Crippen LogP) is 2.03. The highest BCUT2D eigenvalue weighted by Crippen LogP contribution is 2.27. The van der Waals surface area contributed by atoms with Crippen molar-refractivity contribution >= 4 is 23.2 Å². The van der Waals surface area contributed by atoms with Crippen LogP contribution < -0.4 is 22.1 Å². The first-order chi connectivity index (χ1) is 14.9. The topological polar surface area (TPSA) is 150 Å².